The van der Waals surface area contributed by atoms with E-state index in [1.54, 1.807) is 24.3 Å². The van der Waals surface area contributed by atoms with Gasteiger partial charge in [-0.1, -0.05) is 23.7 Å². The van der Waals surface area contributed by atoms with Crippen molar-refractivity contribution in [3.05, 3.63) is 67.6 Å². The number of esters is 1. The number of rotatable bonds is 5. The van der Waals surface area contributed by atoms with Crippen LogP contribution in [-0.4, -0.2) is 23.4 Å². The van der Waals surface area contributed by atoms with Gasteiger partial charge in [-0.15, -0.1) is 0 Å². The van der Waals surface area contributed by atoms with E-state index in [1.165, 1.54) is 12.1 Å². The summed E-state index contributed by atoms with van der Waals surface area (Å²) in [6, 6.07) is 10.4. The van der Waals surface area contributed by atoms with E-state index in [-0.39, 0.29) is 10.6 Å². The Balaban J connectivity index is 2.02. The van der Waals surface area contributed by atoms with Gasteiger partial charge >= 0.3 is 5.97 Å². The Kier molecular flexibility index (Phi) is 5.88. The summed E-state index contributed by atoms with van der Waals surface area (Å²) in [4.78, 5) is 34.0. The van der Waals surface area contributed by atoms with E-state index in [1.807, 2.05) is 0 Å². The van der Waals surface area contributed by atoms with Crippen LogP contribution in [0.15, 0.2) is 46.9 Å². The Hall–Kier alpha value is -2.45. The molecule has 0 heterocycles. The van der Waals surface area contributed by atoms with Crippen LogP contribution in [0.2, 0.25) is 5.02 Å². The standard InChI is InChI=1S/C15H10BrClN2O5/c16-11-3-1-2-4-12(11)18-14(20)8-24-15(21)10-6-5-9(17)7-13(10)19(22)23/h1-7H,8H2,(H,18,20). The molecule has 7 nitrogen and oxygen atoms in total. The van der Waals surface area contributed by atoms with Crippen LogP contribution in [0.4, 0.5) is 11.4 Å². The molecular weight excluding hydrogens is 404 g/mol. The molecule has 1 N–H and O–H groups in total. The molecule has 0 radical (unpaired) electrons. The van der Waals surface area contributed by atoms with E-state index in [2.05, 4.69) is 21.2 Å². The molecule has 2 aromatic carbocycles. The third-order valence-electron chi connectivity index (χ3n) is 2.86. The van der Waals surface area contributed by atoms with Gasteiger partial charge in [0.1, 0.15) is 5.56 Å². The molecule has 0 aromatic heterocycles. The van der Waals surface area contributed by atoms with E-state index in [0.29, 0.717) is 10.2 Å². The second kappa shape index (κ2) is 7.89. The van der Waals surface area contributed by atoms with Crippen molar-refractivity contribution in [2.45, 2.75) is 0 Å². The lowest BCUT2D eigenvalue weighted by atomic mass is 10.2. The van der Waals surface area contributed by atoms with Crippen LogP contribution < -0.4 is 5.32 Å². The van der Waals surface area contributed by atoms with Crippen LogP contribution in [0.1, 0.15) is 10.4 Å². The molecule has 0 spiro atoms. The molecule has 1 amide bonds. The highest BCUT2D eigenvalue weighted by atomic mass is 79.9. The van der Waals surface area contributed by atoms with E-state index in [4.69, 9.17) is 16.3 Å². The van der Waals surface area contributed by atoms with Gasteiger partial charge in [-0.05, 0) is 40.2 Å². The molecule has 0 saturated carbocycles. The van der Waals surface area contributed by atoms with Crippen molar-refractivity contribution in [3.8, 4) is 0 Å². The van der Waals surface area contributed by atoms with Gasteiger partial charge in [-0.25, -0.2) is 4.79 Å². The predicted octanol–water partition coefficient (Wildman–Crippen LogP) is 3.81. The number of para-hydroxylation sites is 1. The van der Waals surface area contributed by atoms with Crippen molar-refractivity contribution in [2.75, 3.05) is 11.9 Å². The molecule has 0 unspecified atom stereocenters. The third-order valence-corrected chi connectivity index (χ3v) is 3.79. The summed E-state index contributed by atoms with van der Waals surface area (Å²) in [6.07, 6.45) is 0. The van der Waals surface area contributed by atoms with Crippen LogP contribution in [0.3, 0.4) is 0 Å². The number of hydrogen-bond acceptors (Lipinski definition) is 5. The fourth-order valence-electron chi connectivity index (χ4n) is 1.79. The summed E-state index contributed by atoms with van der Waals surface area (Å²) >= 11 is 8.94. The second-order valence-electron chi connectivity index (χ2n) is 4.52. The summed E-state index contributed by atoms with van der Waals surface area (Å²) < 4.78 is 5.48. The van der Waals surface area contributed by atoms with E-state index < -0.39 is 29.1 Å². The maximum absolute atomic E-state index is 11.9. The van der Waals surface area contributed by atoms with Crippen LogP contribution in [0, 0.1) is 10.1 Å². The van der Waals surface area contributed by atoms with Crippen LogP contribution >= 0.6 is 27.5 Å². The zero-order valence-corrected chi connectivity index (χ0v) is 14.3. The number of benzene rings is 2. The molecular formula is C15H10BrClN2O5. The maximum Gasteiger partial charge on any atom is 0.345 e. The van der Waals surface area contributed by atoms with E-state index in [9.17, 15) is 19.7 Å². The van der Waals surface area contributed by atoms with Crippen molar-refractivity contribution >= 4 is 50.8 Å². The first kappa shape index (κ1) is 17.9. The molecule has 2 aromatic rings. The predicted molar refractivity (Wildman–Crippen MR) is 91.2 cm³/mol. The summed E-state index contributed by atoms with van der Waals surface area (Å²) in [7, 11) is 0. The highest BCUT2D eigenvalue weighted by Crippen LogP contribution is 2.24. The van der Waals surface area contributed by atoms with Gasteiger partial charge in [0.2, 0.25) is 0 Å². The van der Waals surface area contributed by atoms with Crippen molar-refractivity contribution in [3.63, 3.8) is 0 Å². The Morgan fingerprint density at radius 2 is 1.96 bits per heavy atom. The van der Waals surface area contributed by atoms with Crippen molar-refractivity contribution in [2.24, 2.45) is 0 Å². The molecule has 24 heavy (non-hydrogen) atoms. The molecule has 0 aliphatic rings. The first-order valence-corrected chi connectivity index (χ1v) is 7.71. The molecule has 0 saturated heterocycles. The molecule has 0 fully saturated rings. The monoisotopic (exact) mass is 412 g/mol. The highest BCUT2D eigenvalue weighted by molar-refractivity contribution is 9.10. The number of nitro groups is 1. The molecule has 0 bridgehead atoms. The summed E-state index contributed by atoms with van der Waals surface area (Å²) in [5, 5.41) is 13.6. The SMILES string of the molecule is O=C(COC(=O)c1ccc(Cl)cc1[N+](=O)[O-])Nc1ccccc1Br. The lowest BCUT2D eigenvalue weighted by Crippen LogP contribution is -2.21. The number of nitro benzene ring substituents is 1. The molecule has 9 heteroatoms. The number of nitrogens with one attached hydrogen (secondary N) is 1. The van der Waals surface area contributed by atoms with Gasteiger partial charge in [0.05, 0.1) is 10.6 Å². The number of carbonyl (C=O) groups excluding carboxylic acids is 2. The minimum absolute atomic E-state index is 0.116. The van der Waals surface area contributed by atoms with Crippen molar-refractivity contribution < 1.29 is 19.2 Å². The first-order chi connectivity index (χ1) is 11.4. The topological polar surface area (TPSA) is 98.5 Å². The number of anilines is 1. The van der Waals surface area contributed by atoms with E-state index >= 15 is 0 Å². The van der Waals surface area contributed by atoms with Crippen LogP contribution in [0.5, 0.6) is 0 Å². The van der Waals surface area contributed by atoms with E-state index in [0.717, 1.165) is 6.07 Å². The van der Waals surface area contributed by atoms with Gasteiger partial charge in [0, 0.05) is 15.6 Å². The Bertz CT molecular complexity index is 812. The largest absolute Gasteiger partial charge is 0.452 e. The van der Waals surface area contributed by atoms with Gasteiger partial charge < -0.3 is 10.1 Å². The van der Waals surface area contributed by atoms with Gasteiger partial charge in [0.15, 0.2) is 6.61 Å². The van der Waals surface area contributed by atoms with Crippen LogP contribution in [0.25, 0.3) is 0 Å². The number of carbonyl (C=O) groups is 2. The lowest BCUT2D eigenvalue weighted by Gasteiger charge is -2.08. The minimum atomic E-state index is -0.986. The number of ether oxygens (including phenoxy) is 1. The number of nitrogens with zero attached hydrogens (tertiary/aromatic N) is 1. The normalized spacial score (nSPS) is 10.1. The quantitative estimate of drug-likeness (QED) is 0.456. The summed E-state index contributed by atoms with van der Waals surface area (Å²) in [5.41, 5.74) is -0.257. The zero-order valence-electron chi connectivity index (χ0n) is 12.0. The number of amides is 1. The zero-order chi connectivity index (χ0) is 17.7. The molecule has 2 rings (SSSR count). The molecule has 0 atom stereocenters. The van der Waals surface area contributed by atoms with Crippen molar-refractivity contribution in [1.29, 1.82) is 0 Å². The third kappa shape index (κ3) is 4.53. The molecule has 0 aliphatic carbocycles. The Morgan fingerprint density at radius 1 is 1.25 bits per heavy atom. The Morgan fingerprint density at radius 3 is 2.62 bits per heavy atom. The lowest BCUT2D eigenvalue weighted by molar-refractivity contribution is -0.385. The second-order valence-corrected chi connectivity index (χ2v) is 5.81. The number of hydrogen-bond donors (Lipinski definition) is 1. The van der Waals surface area contributed by atoms with Gasteiger partial charge in [-0.2, -0.15) is 0 Å². The summed E-state index contributed by atoms with van der Waals surface area (Å²) in [6.45, 7) is -0.583. The minimum Gasteiger partial charge on any atom is -0.452 e. The molecule has 0 aliphatic heterocycles. The van der Waals surface area contributed by atoms with Crippen molar-refractivity contribution in [1.82, 2.24) is 0 Å². The Labute approximate surface area is 149 Å². The number of halogens is 2. The molecule has 124 valence electrons. The average molecular weight is 414 g/mol. The summed E-state index contributed by atoms with van der Waals surface area (Å²) in [5.74, 6) is -1.56. The highest BCUT2D eigenvalue weighted by Gasteiger charge is 2.22. The van der Waals surface area contributed by atoms with Gasteiger partial charge in [-0.3, -0.25) is 14.9 Å². The smallest absolute Gasteiger partial charge is 0.345 e. The van der Waals surface area contributed by atoms with Gasteiger partial charge in [0.25, 0.3) is 11.6 Å². The fourth-order valence-corrected chi connectivity index (χ4v) is 2.34. The maximum atomic E-state index is 11.9. The van der Waals surface area contributed by atoms with Crippen LogP contribution in [-0.2, 0) is 9.53 Å². The fraction of sp³-hybridized carbons (Fsp3) is 0.0667. The average Bonchev–Trinajstić information content (AvgIpc) is 2.54. The first-order valence-electron chi connectivity index (χ1n) is 6.54.